The largest absolute Gasteiger partial charge is 0.444 e. The molecule has 0 saturated carbocycles. The highest BCUT2D eigenvalue weighted by molar-refractivity contribution is 5.70. The van der Waals surface area contributed by atoms with E-state index in [-0.39, 0.29) is 29.9 Å². The summed E-state index contributed by atoms with van der Waals surface area (Å²) in [6.07, 6.45) is 1.69. The Morgan fingerprint density at radius 1 is 1.31 bits per heavy atom. The second-order valence-corrected chi connectivity index (χ2v) is 8.52. The smallest absolute Gasteiger partial charge is 0.410 e. The summed E-state index contributed by atoms with van der Waals surface area (Å²) in [5, 5.41) is 0. The Bertz CT molecular complexity index is 660. The first-order chi connectivity index (χ1) is 12.2. The first kappa shape index (κ1) is 19.0. The van der Waals surface area contributed by atoms with Crippen molar-refractivity contribution in [1.29, 1.82) is 0 Å². The van der Waals surface area contributed by atoms with Crippen LogP contribution in [0, 0.1) is 5.82 Å². The number of amides is 1. The molecule has 144 valence electrons. The molecule has 1 amide bonds. The standard InChI is InChI=1S/C20H30FN3O2/c1-13(10-22)17-8-7-14(9-18(17)21)23-11-15-5-6-16(12-23)24(15)19(25)26-20(2,3)4/h7-9,13,15-16H,5-6,10-12,22H2,1-4H3. The van der Waals surface area contributed by atoms with Gasteiger partial charge in [-0.1, -0.05) is 13.0 Å². The molecular formula is C20H30FN3O2. The number of hydrogen-bond acceptors (Lipinski definition) is 4. The van der Waals surface area contributed by atoms with Gasteiger partial charge in [-0.05, 0) is 63.8 Å². The molecule has 2 heterocycles. The molecule has 3 atom stereocenters. The molecule has 26 heavy (non-hydrogen) atoms. The lowest BCUT2D eigenvalue weighted by Crippen LogP contribution is -2.56. The Kier molecular flexibility index (Phi) is 5.15. The number of benzene rings is 1. The van der Waals surface area contributed by atoms with Crippen LogP contribution >= 0.6 is 0 Å². The summed E-state index contributed by atoms with van der Waals surface area (Å²) in [5.74, 6) is -0.202. The number of nitrogens with zero attached hydrogens (tertiary/aromatic N) is 2. The van der Waals surface area contributed by atoms with Crippen LogP contribution in [0.15, 0.2) is 18.2 Å². The number of halogens is 1. The summed E-state index contributed by atoms with van der Waals surface area (Å²) in [6, 6.07) is 5.64. The van der Waals surface area contributed by atoms with Crippen molar-refractivity contribution in [2.24, 2.45) is 5.73 Å². The van der Waals surface area contributed by atoms with E-state index >= 15 is 0 Å². The molecule has 3 rings (SSSR count). The summed E-state index contributed by atoms with van der Waals surface area (Å²) in [4.78, 5) is 16.6. The maximum atomic E-state index is 14.5. The molecule has 5 nitrogen and oxygen atoms in total. The van der Waals surface area contributed by atoms with Gasteiger partial charge in [0, 0.05) is 18.8 Å². The zero-order valence-corrected chi connectivity index (χ0v) is 16.2. The van der Waals surface area contributed by atoms with Crippen LogP contribution in [0.5, 0.6) is 0 Å². The lowest BCUT2D eigenvalue weighted by atomic mass is 10.00. The SMILES string of the molecule is CC(CN)c1ccc(N2CC3CCC(C2)N3C(=O)OC(C)(C)C)cc1F. The maximum absolute atomic E-state index is 14.5. The molecular weight excluding hydrogens is 333 g/mol. The molecule has 6 heteroatoms. The van der Waals surface area contributed by atoms with Gasteiger partial charge < -0.3 is 15.4 Å². The minimum Gasteiger partial charge on any atom is -0.444 e. The van der Waals surface area contributed by atoms with E-state index in [4.69, 9.17) is 10.5 Å². The molecule has 2 saturated heterocycles. The average molecular weight is 363 g/mol. The predicted octanol–water partition coefficient (Wildman–Crippen LogP) is 3.48. The summed E-state index contributed by atoms with van der Waals surface area (Å²) >= 11 is 0. The van der Waals surface area contributed by atoms with Crippen LogP contribution in [0.2, 0.25) is 0 Å². The first-order valence-corrected chi connectivity index (χ1v) is 9.45. The van der Waals surface area contributed by atoms with Gasteiger partial charge in [-0.2, -0.15) is 0 Å². The summed E-state index contributed by atoms with van der Waals surface area (Å²) in [6.45, 7) is 9.43. The van der Waals surface area contributed by atoms with E-state index in [9.17, 15) is 9.18 Å². The topological polar surface area (TPSA) is 58.8 Å². The molecule has 0 aliphatic carbocycles. The predicted molar refractivity (Wildman–Crippen MR) is 101 cm³/mol. The molecule has 0 radical (unpaired) electrons. The van der Waals surface area contributed by atoms with Crippen LogP contribution in [-0.2, 0) is 4.74 Å². The van der Waals surface area contributed by atoms with E-state index in [0.717, 1.165) is 18.5 Å². The van der Waals surface area contributed by atoms with Gasteiger partial charge in [-0.3, -0.25) is 4.90 Å². The number of carbonyl (C=O) groups is 1. The maximum Gasteiger partial charge on any atom is 0.410 e. The fraction of sp³-hybridized carbons (Fsp3) is 0.650. The average Bonchev–Trinajstić information content (AvgIpc) is 2.83. The Labute approximate surface area is 155 Å². The Balaban J connectivity index is 1.73. The Morgan fingerprint density at radius 3 is 2.42 bits per heavy atom. The molecule has 0 spiro atoms. The van der Waals surface area contributed by atoms with Crippen LogP contribution in [-0.4, -0.2) is 48.3 Å². The van der Waals surface area contributed by atoms with Crippen LogP contribution in [0.1, 0.15) is 52.0 Å². The number of carbonyl (C=O) groups excluding carboxylic acids is 1. The van der Waals surface area contributed by atoms with Crippen LogP contribution < -0.4 is 10.6 Å². The van der Waals surface area contributed by atoms with Crippen molar-refractivity contribution in [3.05, 3.63) is 29.6 Å². The summed E-state index contributed by atoms with van der Waals surface area (Å²) in [5.41, 5.74) is 6.70. The number of ether oxygens (including phenoxy) is 1. The number of hydrogen-bond donors (Lipinski definition) is 1. The third kappa shape index (κ3) is 3.80. The van der Waals surface area contributed by atoms with Crippen molar-refractivity contribution in [2.45, 2.75) is 64.1 Å². The number of anilines is 1. The van der Waals surface area contributed by atoms with Gasteiger partial charge in [-0.25, -0.2) is 9.18 Å². The van der Waals surface area contributed by atoms with Crippen molar-refractivity contribution < 1.29 is 13.9 Å². The molecule has 2 N–H and O–H groups in total. The number of piperazine rings is 1. The van der Waals surface area contributed by atoms with E-state index in [0.29, 0.717) is 25.2 Å². The fourth-order valence-corrected chi connectivity index (χ4v) is 3.97. The van der Waals surface area contributed by atoms with Gasteiger partial charge in [0.05, 0.1) is 12.1 Å². The van der Waals surface area contributed by atoms with Gasteiger partial charge in [0.1, 0.15) is 11.4 Å². The third-order valence-corrected chi connectivity index (χ3v) is 5.32. The lowest BCUT2D eigenvalue weighted by Gasteiger charge is -2.42. The molecule has 0 aromatic heterocycles. The van der Waals surface area contributed by atoms with Crippen molar-refractivity contribution >= 4 is 11.8 Å². The number of fused-ring (bicyclic) bond motifs is 2. The highest BCUT2D eigenvalue weighted by Crippen LogP contribution is 2.34. The fourth-order valence-electron chi connectivity index (χ4n) is 3.97. The summed E-state index contributed by atoms with van der Waals surface area (Å²) < 4.78 is 20.0. The second kappa shape index (κ2) is 7.06. The van der Waals surface area contributed by atoms with E-state index in [1.807, 2.05) is 44.7 Å². The highest BCUT2D eigenvalue weighted by atomic mass is 19.1. The van der Waals surface area contributed by atoms with Crippen LogP contribution in [0.25, 0.3) is 0 Å². The molecule has 3 unspecified atom stereocenters. The van der Waals surface area contributed by atoms with Gasteiger partial charge in [0.25, 0.3) is 0 Å². The quantitative estimate of drug-likeness (QED) is 0.893. The van der Waals surface area contributed by atoms with E-state index in [1.165, 1.54) is 0 Å². The first-order valence-electron chi connectivity index (χ1n) is 9.45. The van der Waals surface area contributed by atoms with Crippen molar-refractivity contribution in [3.8, 4) is 0 Å². The Hall–Kier alpha value is -1.82. The van der Waals surface area contributed by atoms with E-state index in [2.05, 4.69) is 4.90 Å². The van der Waals surface area contributed by atoms with Crippen molar-refractivity contribution in [2.75, 3.05) is 24.5 Å². The summed E-state index contributed by atoms with van der Waals surface area (Å²) in [7, 11) is 0. The molecule has 1 aromatic rings. The minimum atomic E-state index is -0.494. The molecule has 2 bridgehead atoms. The van der Waals surface area contributed by atoms with Crippen LogP contribution in [0.4, 0.5) is 14.9 Å². The molecule has 2 aliphatic heterocycles. The zero-order valence-electron chi connectivity index (χ0n) is 16.2. The zero-order chi connectivity index (χ0) is 19.1. The van der Waals surface area contributed by atoms with E-state index in [1.54, 1.807) is 6.07 Å². The van der Waals surface area contributed by atoms with Crippen LogP contribution in [0.3, 0.4) is 0 Å². The minimum absolute atomic E-state index is 0.00393. The second-order valence-electron chi connectivity index (χ2n) is 8.52. The van der Waals surface area contributed by atoms with Gasteiger partial charge in [0.2, 0.25) is 0 Å². The molecule has 2 aliphatic rings. The monoisotopic (exact) mass is 363 g/mol. The van der Waals surface area contributed by atoms with Gasteiger partial charge in [-0.15, -0.1) is 0 Å². The van der Waals surface area contributed by atoms with Crippen molar-refractivity contribution in [1.82, 2.24) is 4.90 Å². The number of nitrogens with two attached hydrogens (primary N) is 1. The number of rotatable bonds is 3. The third-order valence-electron chi connectivity index (χ3n) is 5.32. The van der Waals surface area contributed by atoms with E-state index < -0.39 is 5.60 Å². The molecule has 1 aromatic carbocycles. The lowest BCUT2D eigenvalue weighted by molar-refractivity contribution is 0.0123. The highest BCUT2D eigenvalue weighted by Gasteiger charge is 2.44. The van der Waals surface area contributed by atoms with Gasteiger partial charge >= 0.3 is 6.09 Å². The Morgan fingerprint density at radius 2 is 1.92 bits per heavy atom. The van der Waals surface area contributed by atoms with Crippen molar-refractivity contribution in [3.63, 3.8) is 0 Å². The normalized spacial score (nSPS) is 23.9. The molecule has 2 fully saturated rings. The van der Waals surface area contributed by atoms with Gasteiger partial charge in [0.15, 0.2) is 0 Å².